The molecule has 3 heteroatoms. The van der Waals surface area contributed by atoms with Crippen LogP contribution in [0.4, 0.5) is 0 Å². The van der Waals surface area contributed by atoms with Gasteiger partial charge in [0.25, 0.3) is 0 Å². The van der Waals surface area contributed by atoms with Crippen molar-refractivity contribution in [2.75, 3.05) is 0 Å². The lowest BCUT2D eigenvalue weighted by atomic mass is 10.1. The summed E-state index contributed by atoms with van der Waals surface area (Å²) in [6.07, 6.45) is 12.2. The van der Waals surface area contributed by atoms with E-state index in [9.17, 15) is 9.90 Å². The van der Waals surface area contributed by atoms with Gasteiger partial charge in [-0.25, -0.2) is 0 Å². The van der Waals surface area contributed by atoms with Crippen LogP contribution in [0.3, 0.4) is 0 Å². The van der Waals surface area contributed by atoms with Gasteiger partial charge in [-0.05, 0) is 19.3 Å². The van der Waals surface area contributed by atoms with E-state index < -0.39 is 12.1 Å². The fraction of sp³-hybridized carbons (Fsp3) is 0.786. The lowest BCUT2D eigenvalue weighted by Crippen LogP contribution is -2.11. The van der Waals surface area contributed by atoms with Crippen molar-refractivity contribution in [2.24, 2.45) is 0 Å². The van der Waals surface area contributed by atoms with E-state index in [1.54, 1.807) is 0 Å². The molecule has 0 radical (unpaired) electrons. The van der Waals surface area contributed by atoms with Crippen molar-refractivity contribution in [2.45, 2.75) is 70.8 Å². The van der Waals surface area contributed by atoms with Crippen LogP contribution in [-0.4, -0.2) is 22.3 Å². The van der Waals surface area contributed by atoms with Gasteiger partial charge < -0.3 is 10.2 Å². The minimum Gasteiger partial charge on any atom is -0.481 e. The van der Waals surface area contributed by atoms with Gasteiger partial charge in [-0.15, -0.1) is 0 Å². The summed E-state index contributed by atoms with van der Waals surface area (Å²) in [6, 6.07) is 0. The molecule has 0 spiro atoms. The Morgan fingerprint density at radius 1 is 1.12 bits per heavy atom. The number of aliphatic hydroxyl groups is 1. The van der Waals surface area contributed by atoms with Crippen LogP contribution in [0.15, 0.2) is 12.2 Å². The molecule has 0 rings (SSSR count). The molecule has 0 aliphatic heterocycles. The Kier molecular flexibility index (Phi) is 11.1. The van der Waals surface area contributed by atoms with Crippen molar-refractivity contribution in [3.05, 3.63) is 12.2 Å². The number of carboxylic acids is 1. The van der Waals surface area contributed by atoms with Crippen molar-refractivity contribution in [1.82, 2.24) is 0 Å². The van der Waals surface area contributed by atoms with E-state index in [1.807, 2.05) is 12.2 Å². The standard InChI is InChI=1S/C14H26O3/c1-2-3-4-5-6-7-8-9-10-11-13(15)12-14(16)17/h9-10,13,15H,2-8,11-12H2,1H3,(H,16,17)/b10-9+. The highest BCUT2D eigenvalue weighted by Crippen LogP contribution is 2.07. The summed E-state index contributed by atoms with van der Waals surface area (Å²) in [4.78, 5) is 10.3. The first-order valence-corrected chi connectivity index (χ1v) is 6.71. The number of carbonyl (C=O) groups is 1. The fourth-order valence-electron chi connectivity index (χ4n) is 1.70. The van der Waals surface area contributed by atoms with E-state index in [0.29, 0.717) is 6.42 Å². The van der Waals surface area contributed by atoms with Gasteiger partial charge in [0.15, 0.2) is 0 Å². The Morgan fingerprint density at radius 2 is 1.76 bits per heavy atom. The number of unbranched alkanes of at least 4 members (excludes halogenated alkanes) is 6. The summed E-state index contributed by atoms with van der Waals surface area (Å²) in [5.74, 6) is -0.943. The molecular weight excluding hydrogens is 216 g/mol. The minimum absolute atomic E-state index is 0.165. The first kappa shape index (κ1) is 16.2. The van der Waals surface area contributed by atoms with Crippen LogP contribution in [0.25, 0.3) is 0 Å². The van der Waals surface area contributed by atoms with E-state index in [-0.39, 0.29) is 6.42 Å². The zero-order chi connectivity index (χ0) is 12.9. The average molecular weight is 242 g/mol. The molecule has 0 heterocycles. The lowest BCUT2D eigenvalue weighted by Gasteiger charge is -2.02. The van der Waals surface area contributed by atoms with E-state index >= 15 is 0 Å². The molecule has 0 saturated carbocycles. The second-order valence-electron chi connectivity index (χ2n) is 4.52. The molecule has 2 N–H and O–H groups in total. The molecule has 0 aromatic carbocycles. The smallest absolute Gasteiger partial charge is 0.305 e. The van der Waals surface area contributed by atoms with Gasteiger partial charge in [-0.2, -0.15) is 0 Å². The molecule has 0 bridgehead atoms. The number of hydrogen-bond donors (Lipinski definition) is 2. The highest BCUT2D eigenvalue weighted by molar-refractivity contribution is 5.67. The largest absolute Gasteiger partial charge is 0.481 e. The molecule has 17 heavy (non-hydrogen) atoms. The summed E-state index contributed by atoms with van der Waals surface area (Å²) in [7, 11) is 0. The number of hydrogen-bond acceptors (Lipinski definition) is 2. The molecular formula is C14H26O3. The van der Waals surface area contributed by atoms with Crippen molar-refractivity contribution in [3.63, 3.8) is 0 Å². The fourth-order valence-corrected chi connectivity index (χ4v) is 1.70. The Bertz CT molecular complexity index is 212. The van der Waals surface area contributed by atoms with E-state index in [4.69, 9.17) is 5.11 Å². The van der Waals surface area contributed by atoms with Crippen LogP contribution >= 0.6 is 0 Å². The summed E-state index contributed by atoms with van der Waals surface area (Å²) in [6.45, 7) is 2.21. The number of carboxylic acid groups (broad SMARTS) is 1. The monoisotopic (exact) mass is 242 g/mol. The number of aliphatic hydroxyl groups excluding tert-OH is 1. The lowest BCUT2D eigenvalue weighted by molar-refractivity contribution is -0.139. The Labute approximate surface area is 105 Å². The number of allylic oxidation sites excluding steroid dienone is 1. The Morgan fingerprint density at radius 3 is 2.41 bits per heavy atom. The third kappa shape index (κ3) is 13.1. The molecule has 0 aliphatic rings. The predicted molar refractivity (Wildman–Crippen MR) is 70.0 cm³/mol. The van der Waals surface area contributed by atoms with Crippen LogP contribution in [0, 0.1) is 0 Å². The second kappa shape index (κ2) is 11.6. The average Bonchev–Trinajstić information content (AvgIpc) is 2.26. The summed E-state index contributed by atoms with van der Waals surface area (Å²) >= 11 is 0. The Hall–Kier alpha value is -0.830. The van der Waals surface area contributed by atoms with Crippen molar-refractivity contribution < 1.29 is 15.0 Å². The maximum absolute atomic E-state index is 10.3. The molecule has 0 amide bonds. The summed E-state index contributed by atoms with van der Waals surface area (Å²) in [5, 5.41) is 17.7. The number of rotatable bonds is 11. The molecule has 0 saturated heterocycles. The van der Waals surface area contributed by atoms with Gasteiger partial charge in [0.05, 0.1) is 12.5 Å². The van der Waals surface area contributed by atoms with E-state index in [0.717, 1.165) is 6.42 Å². The quantitative estimate of drug-likeness (QED) is 0.430. The van der Waals surface area contributed by atoms with Gasteiger partial charge in [0.1, 0.15) is 0 Å². The Balaban J connectivity index is 3.27. The van der Waals surface area contributed by atoms with E-state index in [1.165, 1.54) is 38.5 Å². The third-order valence-corrected chi connectivity index (χ3v) is 2.71. The highest BCUT2D eigenvalue weighted by atomic mass is 16.4. The first-order chi connectivity index (χ1) is 8.16. The summed E-state index contributed by atoms with van der Waals surface area (Å²) in [5.41, 5.74) is 0. The maximum Gasteiger partial charge on any atom is 0.305 e. The van der Waals surface area contributed by atoms with Crippen LogP contribution in [0.2, 0.25) is 0 Å². The normalized spacial score (nSPS) is 13.1. The first-order valence-electron chi connectivity index (χ1n) is 6.71. The van der Waals surface area contributed by atoms with Crippen molar-refractivity contribution >= 4 is 5.97 Å². The SMILES string of the molecule is CCCCCCCC/C=C/CC(O)CC(=O)O. The predicted octanol–water partition coefficient (Wildman–Crippen LogP) is 3.52. The molecule has 1 unspecified atom stereocenters. The number of aliphatic carboxylic acids is 1. The van der Waals surface area contributed by atoms with Crippen LogP contribution < -0.4 is 0 Å². The maximum atomic E-state index is 10.3. The molecule has 100 valence electrons. The van der Waals surface area contributed by atoms with Crippen LogP contribution in [0.1, 0.15) is 64.7 Å². The van der Waals surface area contributed by atoms with Crippen molar-refractivity contribution in [1.29, 1.82) is 0 Å². The minimum atomic E-state index is -0.943. The van der Waals surface area contributed by atoms with E-state index in [2.05, 4.69) is 6.92 Å². The summed E-state index contributed by atoms with van der Waals surface area (Å²) < 4.78 is 0. The molecule has 0 aromatic rings. The van der Waals surface area contributed by atoms with Crippen molar-refractivity contribution in [3.8, 4) is 0 Å². The third-order valence-electron chi connectivity index (χ3n) is 2.71. The van der Waals surface area contributed by atoms with Crippen LogP contribution in [0.5, 0.6) is 0 Å². The van der Waals surface area contributed by atoms with Gasteiger partial charge in [0, 0.05) is 0 Å². The molecule has 0 aromatic heterocycles. The topological polar surface area (TPSA) is 57.5 Å². The van der Waals surface area contributed by atoms with Gasteiger partial charge in [-0.1, -0.05) is 51.2 Å². The van der Waals surface area contributed by atoms with Gasteiger partial charge in [0.2, 0.25) is 0 Å². The molecule has 0 fully saturated rings. The second-order valence-corrected chi connectivity index (χ2v) is 4.52. The molecule has 1 atom stereocenters. The zero-order valence-electron chi connectivity index (χ0n) is 10.9. The molecule has 3 nitrogen and oxygen atoms in total. The highest BCUT2D eigenvalue weighted by Gasteiger charge is 2.06. The molecule has 0 aliphatic carbocycles. The van der Waals surface area contributed by atoms with Gasteiger partial charge >= 0.3 is 5.97 Å². The van der Waals surface area contributed by atoms with Crippen LogP contribution in [-0.2, 0) is 4.79 Å². The van der Waals surface area contributed by atoms with Gasteiger partial charge in [-0.3, -0.25) is 4.79 Å². The zero-order valence-corrected chi connectivity index (χ0v) is 10.9.